The Labute approximate surface area is 140 Å². The van der Waals surface area contributed by atoms with Crippen LogP contribution < -0.4 is 0 Å². The van der Waals surface area contributed by atoms with Crippen LogP contribution in [-0.4, -0.2) is 38.3 Å². The van der Waals surface area contributed by atoms with Gasteiger partial charge in [-0.2, -0.15) is 4.98 Å². The van der Waals surface area contributed by atoms with E-state index in [0.717, 1.165) is 47.8 Å². The van der Waals surface area contributed by atoms with Crippen molar-refractivity contribution in [2.24, 2.45) is 5.92 Å². The van der Waals surface area contributed by atoms with Crippen LogP contribution in [0.4, 0.5) is 0 Å². The molecule has 7 heteroatoms. The van der Waals surface area contributed by atoms with Gasteiger partial charge in [0.25, 0.3) is 0 Å². The number of aryl methyl sites for hydroxylation is 1. The highest BCUT2D eigenvalue weighted by Crippen LogP contribution is 2.34. The van der Waals surface area contributed by atoms with E-state index in [1.54, 1.807) is 11.3 Å². The van der Waals surface area contributed by atoms with Crippen LogP contribution in [0.25, 0.3) is 0 Å². The molecule has 1 saturated heterocycles. The number of piperidine rings is 1. The third-order valence-corrected chi connectivity index (χ3v) is 5.87. The van der Waals surface area contributed by atoms with Crippen molar-refractivity contribution in [3.63, 3.8) is 0 Å². The standard InChI is InChI=1S/C16H23N5OS/c1-11-18-19-15(23-11)10-21-7-5-12(6-8-21)9-14-17-16(20-22-14)13-3-2-4-13/h12-13H,2-10H2,1H3. The van der Waals surface area contributed by atoms with Crippen LogP contribution >= 0.6 is 11.3 Å². The Morgan fingerprint density at radius 2 is 2.00 bits per heavy atom. The molecule has 2 aromatic rings. The van der Waals surface area contributed by atoms with Gasteiger partial charge in [-0.1, -0.05) is 11.6 Å². The van der Waals surface area contributed by atoms with Gasteiger partial charge in [0.05, 0.1) is 6.54 Å². The average Bonchev–Trinajstić information content (AvgIpc) is 3.09. The Hall–Kier alpha value is -1.34. The first-order valence-corrected chi connectivity index (χ1v) is 9.42. The molecule has 3 heterocycles. The molecular formula is C16H23N5OS. The molecule has 124 valence electrons. The van der Waals surface area contributed by atoms with Gasteiger partial charge in [0.2, 0.25) is 5.89 Å². The number of nitrogens with zero attached hydrogens (tertiary/aromatic N) is 5. The van der Waals surface area contributed by atoms with Gasteiger partial charge in [-0.3, -0.25) is 4.90 Å². The summed E-state index contributed by atoms with van der Waals surface area (Å²) in [6.07, 6.45) is 7.08. The zero-order valence-corrected chi connectivity index (χ0v) is 14.4. The predicted molar refractivity (Wildman–Crippen MR) is 87.2 cm³/mol. The summed E-state index contributed by atoms with van der Waals surface area (Å²) in [5.41, 5.74) is 0. The third kappa shape index (κ3) is 3.61. The molecule has 1 aliphatic heterocycles. The fourth-order valence-corrected chi connectivity index (χ4v) is 4.12. The summed E-state index contributed by atoms with van der Waals surface area (Å²) in [4.78, 5) is 7.08. The highest BCUT2D eigenvalue weighted by atomic mass is 32.1. The van der Waals surface area contributed by atoms with E-state index in [1.165, 1.54) is 32.1 Å². The van der Waals surface area contributed by atoms with Crippen molar-refractivity contribution in [3.8, 4) is 0 Å². The predicted octanol–water partition coefficient (Wildman–Crippen LogP) is 2.95. The summed E-state index contributed by atoms with van der Waals surface area (Å²) in [7, 11) is 0. The van der Waals surface area contributed by atoms with Crippen LogP contribution in [0.5, 0.6) is 0 Å². The maximum Gasteiger partial charge on any atom is 0.226 e. The first-order chi connectivity index (χ1) is 11.3. The van der Waals surface area contributed by atoms with Gasteiger partial charge in [-0.05, 0) is 51.6 Å². The first kappa shape index (κ1) is 15.2. The molecule has 2 fully saturated rings. The summed E-state index contributed by atoms with van der Waals surface area (Å²) >= 11 is 1.70. The Balaban J connectivity index is 1.25. The largest absolute Gasteiger partial charge is 0.339 e. The van der Waals surface area contributed by atoms with Crippen molar-refractivity contribution in [3.05, 3.63) is 21.7 Å². The summed E-state index contributed by atoms with van der Waals surface area (Å²) in [6, 6.07) is 0. The number of hydrogen-bond acceptors (Lipinski definition) is 7. The van der Waals surface area contributed by atoms with Gasteiger partial charge < -0.3 is 4.52 Å². The van der Waals surface area contributed by atoms with Gasteiger partial charge in [0.15, 0.2) is 5.82 Å². The lowest BCUT2D eigenvalue weighted by atomic mass is 9.85. The summed E-state index contributed by atoms with van der Waals surface area (Å²) in [6.45, 7) is 5.18. The molecule has 0 unspecified atom stereocenters. The summed E-state index contributed by atoms with van der Waals surface area (Å²) < 4.78 is 5.46. The minimum atomic E-state index is 0.560. The van der Waals surface area contributed by atoms with Crippen molar-refractivity contribution in [1.82, 2.24) is 25.2 Å². The molecule has 23 heavy (non-hydrogen) atoms. The third-order valence-electron chi connectivity index (χ3n) is 5.05. The molecule has 0 aromatic carbocycles. The van der Waals surface area contributed by atoms with Crippen LogP contribution in [0.1, 0.15) is 59.8 Å². The zero-order chi connectivity index (χ0) is 15.6. The van der Waals surface area contributed by atoms with E-state index < -0.39 is 0 Å². The van der Waals surface area contributed by atoms with Crippen molar-refractivity contribution in [2.75, 3.05) is 13.1 Å². The topological polar surface area (TPSA) is 67.9 Å². The van der Waals surface area contributed by atoms with Crippen molar-refractivity contribution < 1.29 is 4.52 Å². The maximum absolute atomic E-state index is 5.46. The van der Waals surface area contributed by atoms with Crippen LogP contribution in [-0.2, 0) is 13.0 Å². The Bertz CT molecular complexity index is 642. The molecule has 0 spiro atoms. The lowest BCUT2D eigenvalue weighted by molar-refractivity contribution is 0.170. The molecule has 0 bridgehead atoms. The highest BCUT2D eigenvalue weighted by molar-refractivity contribution is 7.11. The van der Waals surface area contributed by atoms with Crippen LogP contribution in [0.2, 0.25) is 0 Å². The lowest BCUT2D eigenvalue weighted by Crippen LogP contribution is -2.33. The van der Waals surface area contributed by atoms with E-state index in [1.807, 2.05) is 6.92 Å². The maximum atomic E-state index is 5.46. The molecule has 1 aliphatic carbocycles. The number of likely N-dealkylation sites (tertiary alicyclic amines) is 1. The summed E-state index contributed by atoms with van der Waals surface area (Å²) in [5.74, 6) is 3.00. The molecule has 1 saturated carbocycles. The zero-order valence-electron chi connectivity index (χ0n) is 13.6. The fourth-order valence-electron chi connectivity index (χ4n) is 3.37. The van der Waals surface area contributed by atoms with E-state index in [2.05, 4.69) is 25.2 Å². The summed E-state index contributed by atoms with van der Waals surface area (Å²) in [5, 5.41) is 14.7. The highest BCUT2D eigenvalue weighted by Gasteiger charge is 2.26. The van der Waals surface area contributed by atoms with E-state index in [-0.39, 0.29) is 0 Å². The Kier molecular flexibility index (Phi) is 4.39. The van der Waals surface area contributed by atoms with Crippen LogP contribution in [0.3, 0.4) is 0 Å². The minimum absolute atomic E-state index is 0.560. The molecule has 0 radical (unpaired) electrons. The van der Waals surface area contributed by atoms with Crippen LogP contribution in [0, 0.1) is 12.8 Å². The van der Waals surface area contributed by atoms with Gasteiger partial charge in [0, 0.05) is 12.3 Å². The molecule has 2 aliphatic rings. The normalized spacial score (nSPS) is 20.7. The van der Waals surface area contributed by atoms with E-state index >= 15 is 0 Å². The number of aromatic nitrogens is 4. The molecule has 2 aromatic heterocycles. The quantitative estimate of drug-likeness (QED) is 0.838. The molecule has 6 nitrogen and oxygen atoms in total. The molecule has 0 N–H and O–H groups in total. The SMILES string of the molecule is Cc1nnc(CN2CCC(Cc3nc(C4CCC4)no3)CC2)s1. The first-order valence-electron chi connectivity index (χ1n) is 8.60. The number of hydrogen-bond donors (Lipinski definition) is 0. The Morgan fingerprint density at radius 3 is 2.65 bits per heavy atom. The second-order valence-corrected chi connectivity index (χ2v) is 8.08. The minimum Gasteiger partial charge on any atom is -0.339 e. The van der Waals surface area contributed by atoms with Gasteiger partial charge in [-0.15, -0.1) is 21.5 Å². The van der Waals surface area contributed by atoms with Crippen molar-refractivity contribution >= 4 is 11.3 Å². The molecule has 0 atom stereocenters. The van der Waals surface area contributed by atoms with Gasteiger partial charge in [-0.25, -0.2) is 0 Å². The molecule has 4 rings (SSSR count). The Morgan fingerprint density at radius 1 is 1.17 bits per heavy atom. The second-order valence-electron chi connectivity index (χ2n) is 6.81. The van der Waals surface area contributed by atoms with E-state index in [0.29, 0.717) is 11.8 Å². The van der Waals surface area contributed by atoms with E-state index in [4.69, 9.17) is 4.52 Å². The van der Waals surface area contributed by atoms with Gasteiger partial charge in [0.1, 0.15) is 10.0 Å². The number of rotatable bonds is 5. The van der Waals surface area contributed by atoms with Crippen molar-refractivity contribution in [1.29, 1.82) is 0 Å². The van der Waals surface area contributed by atoms with E-state index in [9.17, 15) is 0 Å². The van der Waals surface area contributed by atoms with Crippen molar-refractivity contribution in [2.45, 2.75) is 57.9 Å². The molecular weight excluding hydrogens is 310 g/mol. The van der Waals surface area contributed by atoms with Gasteiger partial charge >= 0.3 is 0 Å². The second kappa shape index (κ2) is 6.65. The fraction of sp³-hybridized carbons (Fsp3) is 0.750. The lowest BCUT2D eigenvalue weighted by Gasteiger charge is -2.30. The molecule has 0 amide bonds. The van der Waals surface area contributed by atoms with Crippen LogP contribution in [0.15, 0.2) is 4.52 Å². The monoisotopic (exact) mass is 333 g/mol. The smallest absolute Gasteiger partial charge is 0.226 e. The average molecular weight is 333 g/mol.